The standard InChI is InChI=1S/C20H21ClN6O2S2/c1-3-27(4-2)31(28,29)15-9-10-16-17(11-15)23-18(22-16)12-30-20-24-19(25-26-20)13-5-7-14(21)8-6-13/h5-11H,3-4,12H2,1-2H3,(H,22,23)(H,24,25,26). The molecular weight excluding hydrogens is 456 g/mol. The van der Waals surface area contributed by atoms with E-state index in [0.717, 1.165) is 11.4 Å². The van der Waals surface area contributed by atoms with E-state index in [2.05, 4.69) is 25.1 Å². The van der Waals surface area contributed by atoms with Crippen molar-refractivity contribution in [3.63, 3.8) is 0 Å². The van der Waals surface area contributed by atoms with Gasteiger partial charge < -0.3 is 4.98 Å². The molecule has 0 radical (unpaired) electrons. The molecule has 0 amide bonds. The maximum Gasteiger partial charge on any atom is 0.243 e. The molecule has 4 aromatic rings. The van der Waals surface area contributed by atoms with E-state index in [4.69, 9.17) is 11.6 Å². The van der Waals surface area contributed by atoms with Gasteiger partial charge >= 0.3 is 0 Å². The minimum atomic E-state index is -3.52. The normalized spacial score (nSPS) is 12.1. The monoisotopic (exact) mass is 476 g/mol. The van der Waals surface area contributed by atoms with Crippen LogP contribution in [0.2, 0.25) is 5.02 Å². The summed E-state index contributed by atoms with van der Waals surface area (Å²) in [7, 11) is -3.52. The van der Waals surface area contributed by atoms with Gasteiger partial charge in [-0.25, -0.2) is 18.4 Å². The number of sulfonamides is 1. The van der Waals surface area contributed by atoms with E-state index >= 15 is 0 Å². The van der Waals surface area contributed by atoms with Gasteiger partial charge in [0.2, 0.25) is 15.2 Å². The molecule has 0 saturated heterocycles. The number of nitrogens with zero attached hydrogens (tertiary/aromatic N) is 4. The Labute approximate surface area is 189 Å². The molecule has 0 unspecified atom stereocenters. The maximum absolute atomic E-state index is 12.8. The van der Waals surface area contributed by atoms with Crippen LogP contribution in [0.1, 0.15) is 19.7 Å². The fraction of sp³-hybridized carbons (Fsp3) is 0.250. The molecule has 0 spiro atoms. The lowest BCUT2D eigenvalue weighted by Crippen LogP contribution is -2.30. The third-order valence-corrected chi connectivity index (χ3v) is 7.92. The molecule has 0 saturated carbocycles. The Bertz CT molecular complexity index is 1300. The van der Waals surface area contributed by atoms with Gasteiger partial charge in [0.1, 0.15) is 5.82 Å². The number of aromatic amines is 2. The van der Waals surface area contributed by atoms with Gasteiger partial charge in [0.15, 0.2) is 5.82 Å². The van der Waals surface area contributed by atoms with E-state index in [1.807, 2.05) is 26.0 Å². The number of nitrogens with one attached hydrogen (secondary N) is 2. The summed E-state index contributed by atoms with van der Waals surface area (Å²) in [5.74, 6) is 1.90. The number of fused-ring (bicyclic) bond motifs is 1. The van der Waals surface area contributed by atoms with Crippen molar-refractivity contribution in [2.75, 3.05) is 13.1 Å². The molecule has 4 rings (SSSR count). The van der Waals surface area contributed by atoms with Crippen molar-refractivity contribution < 1.29 is 8.42 Å². The van der Waals surface area contributed by atoms with Gasteiger partial charge in [-0.3, -0.25) is 5.10 Å². The summed E-state index contributed by atoms with van der Waals surface area (Å²) in [6.45, 7) is 4.51. The van der Waals surface area contributed by atoms with Gasteiger partial charge in [-0.1, -0.05) is 37.2 Å². The second-order valence-electron chi connectivity index (χ2n) is 6.71. The van der Waals surface area contributed by atoms with E-state index in [1.165, 1.54) is 16.1 Å². The van der Waals surface area contributed by atoms with Crippen molar-refractivity contribution in [3.05, 3.63) is 53.3 Å². The molecule has 2 aromatic heterocycles. The van der Waals surface area contributed by atoms with Crippen molar-refractivity contribution in [3.8, 4) is 11.4 Å². The number of aromatic nitrogens is 5. The van der Waals surface area contributed by atoms with Crippen LogP contribution in [0.5, 0.6) is 0 Å². The van der Waals surface area contributed by atoms with E-state index in [9.17, 15) is 8.42 Å². The Hall–Kier alpha value is -2.40. The highest BCUT2D eigenvalue weighted by Crippen LogP contribution is 2.25. The predicted octanol–water partition coefficient (Wildman–Crippen LogP) is 4.32. The van der Waals surface area contributed by atoms with Crippen LogP contribution in [0.4, 0.5) is 0 Å². The first-order valence-corrected chi connectivity index (χ1v) is 12.5. The molecule has 0 bridgehead atoms. The van der Waals surface area contributed by atoms with Crippen molar-refractivity contribution in [1.29, 1.82) is 0 Å². The highest BCUT2D eigenvalue weighted by atomic mass is 35.5. The van der Waals surface area contributed by atoms with Gasteiger partial charge in [-0.15, -0.1) is 5.10 Å². The van der Waals surface area contributed by atoms with Gasteiger partial charge in [-0.2, -0.15) is 4.31 Å². The molecule has 2 aromatic carbocycles. The van der Waals surface area contributed by atoms with Crippen molar-refractivity contribution >= 4 is 44.4 Å². The fourth-order valence-corrected chi connectivity index (χ4v) is 5.44. The highest BCUT2D eigenvalue weighted by molar-refractivity contribution is 7.98. The second kappa shape index (κ2) is 8.99. The molecule has 0 aliphatic heterocycles. The summed E-state index contributed by atoms with van der Waals surface area (Å²) in [5.41, 5.74) is 2.29. The van der Waals surface area contributed by atoms with Crippen LogP contribution in [0.3, 0.4) is 0 Å². The second-order valence-corrected chi connectivity index (χ2v) is 10.0. The Morgan fingerprint density at radius 3 is 2.52 bits per heavy atom. The first-order valence-electron chi connectivity index (χ1n) is 9.70. The SMILES string of the molecule is CCN(CC)S(=O)(=O)c1ccc2nc(CSc3n[nH]c(-c4ccc(Cl)cc4)n3)[nH]c2c1. The van der Waals surface area contributed by atoms with Crippen LogP contribution >= 0.6 is 23.4 Å². The number of hydrogen-bond donors (Lipinski definition) is 2. The topological polar surface area (TPSA) is 108 Å². The first kappa shape index (κ1) is 21.8. The molecule has 162 valence electrons. The van der Waals surface area contributed by atoms with E-state index in [1.54, 1.807) is 30.3 Å². The minimum Gasteiger partial charge on any atom is -0.341 e. The van der Waals surface area contributed by atoms with Crippen molar-refractivity contribution in [1.82, 2.24) is 29.5 Å². The number of H-pyrrole nitrogens is 2. The summed E-state index contributed by atoms with van der Waals surface area (Å²) in [6.07, 6.45) is 0. The molecule has 0 aliphatic rings. The minimum absolute atomic E-state index is 0.258. The first-order chi connectivity index (χ1) is 14.9. The van der Waals surface area contributed by atoms with Crippen LogP contribution in [0.25, 0.3) is 22.4 Å². The third-order valence-electron chi connectivity index (χ3n) is 4.77. The molecule has 0 fully saturated rings. The predicted molar refractivity (Wildman–Crippen MR) is 123 cm³/mol. The summed E-state index contributed by atoms with van der Waals surface area (Å²) in [4.78, 5) is 12.5. The summed E-state index contributed by atoms with van der Waals surface area (Å²) in [5, 5.41) is 8.41. The number of benzene rings is 2. The van der Waals surface area contributed by atoms with Crippen LogP contribution in [-0.2, 0) is 15.8 Å². The molecule has 2 N–H and O–H groups in total. The highest BCUT2D eigenvalue weighted by Gasteiger charge is 2.22. The van der Waals surface area contributed by atoms with Gasteiger partial charge in [0.25, 0.3) is 0 Å². The van der Waals surface area contributed by atoms with Crippen LogP contribution < -0.4 is 0 Å². The zero-order valence-electron chi connectivity index (χ0n) is 17.0. The van der Waals surface area contributed by atoms with Crippen molar-refractivity contribution in [2.24, 2.45) is 0 Å². The number of halogens is 1. The number of imidazole rings is 1. The van der Waals surface area contributed by atoms with Gasteiger partial charge in [-0.05, 0) is 42.5 Å². The summed E-state index contributed by atoms with van der Waals surface area (Å²) in [6, 6.07) is 12.3. The van der Waals surface area contributed by atoms with Crippen molar-refractivity contribution in [2.45, 2.75) is 29.7 Å². The van der Waals surface area contributed by atoms with Crippen LogP contribution in [0, 0.1) is 0 Å². The molecule has 11 heteroatoms. The molecule has 0 aliphatic carbocycles. The Kier molecular flexibility index (Phi) is 6.33. The van der Waals surface area contributed by atoms with Gasteiger partial charge in [0, 0.05) is 23.7 Å². The average Bonchev–Trinajstić information content (AvgIpc) is 3.39. The number of rotatable bonds is 8. The lowest BCUT2D eigenvalue weighted by molar-refractivity contribution is 0.445. The summed E-state index contributed by atoms with van der Waals surface area (Å²) < 4.78 is 26.9. The maximum atomic E-state index is 12.8. The molecular formula is C20H21ClN6O2S2. The Balaban J connectivity index is 1.49. The fourth-order valence-electron chi connectivity index (χ4n) is 3.16. The number of thioether (sulfide) groups is 1. The molecule has 8 nitrogen and oxygen atoms in total. The largest absolute Gasteiger partial charge is 0.341 e. The van der Waals surface area contributed by atoms with E-state index in [0.29, 0.717) is 45.9 Å². The van der Waals surface area contributed by atoms with Gasteiger partial charge in [0.05, 0.1) is 21.7 Å². The van der Waals surface area contributed by atoms with Crippen LogP contribution in [0.15, 0.2) is 52.5 Å². The molecule has 0 atom stereocenters. The zero-order chi connectivity index (χ0) is 22.0. The summed E-state index contributed by atoms with van der Waals surface area (Å²) >= 11 is 7.35. The lowest BCUT2D eigenvalue weighted by atomic mass is 10.2. The smallest absolute Gasteiger partial charge is 0.243 e. The van der Waals surface area contributed by atoms with E-state index < -0.39 is 10.0 Å². The Morgan fingerprint density at radius 2 is 1.81 bits per heavy atom. The van der Waals surface area contributed by atoms with Crippen LogP contribution in [-0.4, -0.2) is 51.0 Å². The molecule has 31 heavy (non-hydrogen) atoms. The molecule has 2 heterocycles. The zero-order valence-corrected chi connectivity index (χ0v) is 19.4. The number of hydrogen-bond acceptors (Lipinski definition) is 6. The van der Waals surface area contributed by atoms with E-state index in [-0.39, 0.29) is 4.90 Å². The third kappa shape index (κ3) is 4.62. The lowest BCUT2D eigenvalue weighted by Gasteiger charge is -2.18. The quantitative estimate of drug-likeness (QED) is 0.366. The average molecular weight is 477 g/mol. The Morgan fingerprint density at radius 1 is 1.06 bits per heavy atom.